The van der Waals surface area contributed by atoms with Crippen molar-refractivity contribution in [1.29, 1.82) is 0 Å². The van der Waals surface area contributed by atoms with Gasteiger partial charge in [-0.1, -0.05) is 48.5 Å². The van der Waals surface area contributed by atoms with E-state index in [-0.39, 0.29) is 17.2 Å². The Hall–Kier alpha value is -3.05. The first-order chi connectivity index (χ1) is 12.5. The lowest BCUT2D eigenvalue weighted by Gasteiger charge is -2.27. The molecule has 2 aromatic carbocycles. The summed E-state index contributed by atoms with van der Waals surface area (Å²) in [6.45, 7) is 5.92. The summed E-state index contributed by atoms with van der Waals surface area (Å²) in [5.74, 6) is -0.901. The number of amides is 2. The fraction of sp³-hybridized carbons (Fsp3) is 0.0952. The maximum atomic E-state index is 12.6. The second-order valence-electron chi connectivity index (χ2n) is 5.96. The van der Waals surface area contributed by atoms with Gasteiger partial charge in [-0.25, -0.2) is 0 Å². The quantitative estimate of drug-likeness (QED) is 0.392. The Morgan fingerprint density at radius 3 is 2.65 bits per heavy atom. The first-order valence-electron chi connectivity index (χ1n) is 8.17. The van der Waals surface area contributed by atoms with Crippen molar-refractivity contribution in [3.05, 3.63) is 77.9 Å². The van der Waals surface area contributed by atoms with E-state index in [1.54, 1.807) is 12.2 Å². The van der Waals surface area contributed by atoms with Gasteiger partial charge in [-0.3, -0.25) is 19.8 Å². The van der Waals surface area contributed by atoms with Crippen LogP contribution in [-0.2, 0) is 9.59 Å². The van der Waals surface area contributed by atoms with Crippen molar-refractivity contribution in [3.63, 3.8) is 0 Å². The van der Waals surface area contributed by atoms with Crippen LogP contribution in [0.3, 0.4) is 0 Å². The molecule has 2 amide bonds. The highest BCUT2D eigenvalue weighted by molar-refractivity contribution is 7.80. The Labute approximate surface area is 157 Å². The molecule has 0 unspecified atom stereocenters. The summed E-state index contributed by atoms with van der Waals surface area (Å²) in [5, 5.41) is 2.65. The summed E-state index contributed by atoms with van der Waals surface area (Å²) in [6, 6.07) is 15.8. The van der Waals surface area contributed by atoms with E-state index < -0.39 is 11.8 Å². The number of hydrogen-bond donors (Lipinski definition) is 1. The van der Waals surface area contributed by atoms with Crippen LogP contribution in [0.4, 0.5) is 0 Å². The predicted molar refractivity (Wildman–Crippen MR) is 107 cm³/mol. The van der Waals surface area contributed by atoms with Crippen LogP contribution < -0.4 is 5.32 Å². The Bertz CT molecular complexity index is 947. The average molecular weight is 362 g/mol. The number of carbonyl (C=O) groups is 2. The molecular weight excluding hydrogens is 344 g/mol. The highest BCUT2D eigenvalue weighted by Gasteiger charge is 2.32. The fourth-order valence-corrected chi connectivity index (χ4v) is 3.10. The van der Waals surface area contributed by atoms with E-state index >= 15 is 0 Å². The minimum Gasteiger partial charge on any atom is -0.298 e. The molecule has 3 rings (SSSR count). The van der Waals surface area contributed by atoms with E-state index in [9.17, 15) is 9.59 Å². The number of rotatable bonds is 4. The summed E-state index contributed by atoms with van der Waals surface area (Å²) >= 11 is 5.06. The second-order valence-corrected chi connectivity index (χ2v) is 6.35. The van der Waals surface area contributed by atoms with E-state index in [4.69, 9.17) is 12.2 Å². The van der Waals surface area contributed by atoms with Crippen LogP contribution in [0.1, 0.15) is 11.1 Å². The number of carbonyl (C=O) groups excluding carboxylic acids is 2. The maximum absolute atomic E-state index is 12.6. The van der Waals surface area contributed by atoms with Crippen LogP contribution in [0.25, 0.3) is 17.2 Å². The van der Waals surface area contributed by atoms with Crippen LogP contribution in [0.2, 0.25) is 0 Å². The normalized spacial score (nSPS) is 16.0. The SMILES string of the molecule is C=CCN1C(=O)C(=Cc2cccc(-c3ccccc3C)c2)C(=O)NC1=S. The minimum atomic E-state index is -0.485. The van der Waals surface area contributed by atoms with Gasteiger partial charge in [-0.05, 0) is 53.5 Å². The monoisotopic (exact) mass is 362 g/mol. The zero-order valence-corrected chi connectivity index (χ0v) is 15.2. The van der Waals surface area contributed by atoms with Gasteiger partial charge in [0.1, 0.15) is 5.57 Å². The molecule has 1 aliphatic rings. The molecule has 1 aliphatic heterocycles. The number of aryl methyl sites for hydroxylation is 1. The lowest BCUT2D eigenvalue weighted by atomic mass is 9.98. The lowest BCUT2D eigenvalue weighted by molar-refractivity contribution is -0.128. The van der Waals surface area contributed by atoms with Crippen LogP contribution >= 0.6 is 12.2 Å². The number of nitrogens with zero attached hydrogens (tertiary/aromatic N) is 1. The van der Waals surface area contributed by atoms with Gasteiger partial charge in [0.15, 0.2) is 5.11 Å². The van der Waals surface area contributed by atoms with Crippen LogP contribution in [0, 0.1) is 6.92 Å². The average Bonchev–Trinajstić information content (AvgIpc) is 2.63. The number of nitrogens with one attached hydrogen (secondary N) is 1. The Morgan fingerprint density at radius 1 is 1.15 bits per heavy atom. The molecule has 0 atom stereocenters. The van der Waals surface area contributed by atoms with Crippen molar-refractivity contribution in [2.24, 2.45) is 0 Å². The standard InChI is InChI=1S/C21H18N2O2S/c1-3-11-23-20(25)18(19(24)22-21(23)26)13-15-8-6-9-16(12-15)17-10-5-4-7-14(17)2/h3-10,12-13H,1,11H2,2H3,(H,22,24,26). The summed E-state index contributed by atoms with van der Waals surface area (Å²) in [7, 11) is 0. The highest BCUT2D eigenvalue weighted by atomic mass is 32.1. The first kappa shape index (κ1) is 17.8. The van der Waals surface area contributed by atoms with Gasteiger partial charge in [-0.15, -0.1) is 6.58 Å². The van der Waals surface area contributed by atoms with E-state index in [0.717, 1.165) is 22.3 Å². The van der Waals surface area contributed by atoms with Gasteiger partial charge in [0.05, 0.1) is 0 Å². The third-order valence-electron chi connectivity index (χ3n) is 4.15. The molecular formula is C21H18N2O2S. The molecule has 26 heavy (non-hydrogen) atoms. The molecule has 1 N–H and O–H groups in total. The van der Waals surface area contributed by atoms with Crippen LogP contribution in [0.15, 0.2) is 66.8 Å². The van der Waals surface area contributed by atoms with Crippen molar-refractivity contribution in [1.82, 2.24) is 10.2 Å². The van der Waals surface area contributed by atoms with Crippen molar-refractivity contribution < 1.29 is 9.59 Å². The molecule has 0 saturated carbocycles. The van der Waals surface area contributed by atoms with Crippen molar-refractivity contribution in [2.75, 3.05) is 6.54 Å². The van der Waals surface area contributed by atoms with Crippen LogP contribution in [-0.4, -0.2) is 28.4 Å². The molecule has 5 heteroatoms. The smallest absolute Gasteiger partial charge is 0.265 e. The molecule has 1 saturated heterocycles. The van der Waals surface area contributed by atoms with Gasteiger partial charge in [0.25, 0.3) is 11.8 Å². The van der Waals surface area contributed by atoms with Gasteiger partial charge < -0.3 is 0 Å². The van der Waals surface area contributed by atoms with Crippen molar-refractivity contribution in [2.45, 2.75) is 6.92 Å². The molecule has 2 aromatic rings. The Morgan fingerprint density at radius 2 is 1.92 bits per heavy atom. The minimum absolute atomic E-state index is 0.0578. The molecule has 0 aliphatic carbocycles. The number of thiocarbonyl (C=S) groups is 1. The van der Waals surface area contributed by atoms with Crippen molar-refractivity contribution in [3.8, 4) is 11.1 Å². The number of benzene rings is 2. The molecule has 0 spiro atoms. The summed E-state index contributed by atoms with van der Waals surface area (Å²) < 4.78 is 0. The molecule has 0 bridgehead atoms. The van der Waals surface area contributed by atoms with E-state index in [1.807, 2.05) is 55.5 Å². The van der Waals surface area contributed by atoms with E-state index in [2.05, 4.69) is 11.9 Å². The van der Waals surface area contributed by atoms with E-state index in [0.29, 0.717) is 0 Å². The summed E-state index contributed by atoms with van der Waals surface area (Å²) in [5.41, 5.74) is 4.13. The molecule has 1 heterocycles. The third-order valence-corrected chi connectivity index (χ3v) is 4.47. The summed E-state index contributed by atoms with van der Waals surface area (Å²) in [6.07, 6.45) is 3.16. The maximum Gasteiger partial charge on any atom is 0.265 e. The third kappa shape index (κ3) is 3.48. The zero-order valence-electron chi connectivity index (χ0n) is 14.4. The van der Waals surface area contributed by atoms with Crippen LogP contribution in [0.5, 0.6) is 0 Å². The lowest BCUT2D eigenvalue weighted by Crippen LogP contribution is -2.53. The van der Waals surface area contributed by atoms with Gasteiger partial charge in [-0.2, -0.15) is 0 Å². The fourth-order valence-electron chi connectivity index (χ4n) is 2.85. The Balaban J connectivity index is 1.99. The topological polar surface area (TPSA) is 49.4 Å². The Kier molecular flexibility index (Phi) is 5.09. The number of hydrogen-bond acceptors (Lipinski definition) is 3. The van der Waals surface area contributed by atoms with E-state index in [1.165, 1.54) is 4.90 Å². The summed E-state index contributed by atoms with van der Waals surface area (Å²) in [4.78, 5) is 26.2. The van der Waals surface area contributed by atoms with Gasteiger partial charge in [0.2, 0.25) is 0 Å². The molecule has 1 fully saturated rings. The molecule has 0 aromatic heterocycles. The zero-order chi connectivity index (χ0) is 18.7. The highest BCUT2D eigenvalue weighted by Crippen LogP contribution is 2.25. The van der Waals surface area contributed by atoms with Gasteiger partial charge in [0, 0.05) is 6.54 Å². The van der Waals surface area contributed by atoms with Crippen molar-refractivity contribution >= 4 is 35.2 Å². The predicted octanol–water partition coefficient (Wildman–Crippen LogP) is 3.47. The molecule has 0 radical (unpaired) electrons. The second kappa shape index (κ2) is 7.45. The largest absolute Gasteiger partial charge is 0.298 e. The molecule has 130 valence electrons. The first-order valence-corrected chi connectivity index (χ1v) is 8.58. The van der Waals surface area contributed by atoms with Gasteiger partial charge >= 0.3 is 0 Å². The molecule has 4 nitrogen and oxygen atoms in total.